The Labute approximate surface area is 227 Å². The van der Waals surface area contributed by atoms with Crippen LogP contribution in [-0.4, -0.2) is 37.9 Å². The topological polar surface area (TPSA) is 35.5 Å². The van der Waals surface area contributed by atoms with E-state index < -0.39 is 0 Å². The molecule has 0 spiro atoms. The van der Waals surface area contributed by atoms with Gasteiger partial charge in [-0.3, -0.25) is 4.79 Å². The van der Waals surface area contributed by atoms with Gasteiger partial charge >= 0.3 is 5.97 Å². The second kappa shape index (κ2) is 18.0. The summed E-state index contributed by atoms with van der Waals surface area (Å²) >= 11 is 0. The van der Waals surface area contributed by atoms with E-state index in [2.05, 4.69) is 57.4 Å². The van der Waals surface area contributed by atoms with Crippen molar-refractivity contribution in [1.82, 2.24) is 0 Å². The molecule has 4 nitrogen and oxygen atoms in total. The largest absolute Gasteiger partial charge is 0.457 e. The van der Waals surface area contributed by atoms with Crippen LogP contribution in [0.25, 0.3) is 0 Å². The Kier molecular flexibility index (Phi) is 15.0. The molecule has 0 saturated heterocycles. The van der Waals surface area contributed by atoms with Gasteiger partial charge in [0, 0.05) is 5.56 Å². The molecule has 0 aromatic heterocycles. The van der Waals surface area contributed by atoms with Crippen LogP contribution < -0.4 is 4.74 Å². The number of unbranched alkanes of at least 4 members (excludes halogenated alkanes) is 9. The number of quaternary nitrogens is 1. The van der Waals surface area contributed by atoms with Gasteiger partial charge in [-0.05, 0) is 37.0 Å². The van der Waals surface area contributed by atoms with Crippen molar-refractivity contribution in [3.8, 4) is 5.75 Å². The Morgan fingerprint density at radius 2 is 1.41 bits per heavy atom. The van der Waals surface area contributed by atoms with Gasteiger partial charge in [-0.1, -0.05) is 114 Å². The second-order valence-corrected chi connectivity index (χ2v) is 11.2. The van der Waals surface area contributed by atoms with Crippen LogP contribution in [0.1, 0.15) is 95.6 Å². The summed E-state index contributed by atoms with van der Waals surface area (Å²) in [5.41, 5.74) is 2.56. The van der Waals surface area contributed by atoms with Gasteiger partial charge in [-0.2, -0.15) is 0 Å². The number of nitrogens with zero attached hydrogens (tertiary/aromatic N) is 1. The van der Waals surface area contributed by atoms with Crippen LogP contribution in [0.2, 0.25) is 0 Å². The summed E-state index contributed by atoms with van der Waals surface area (Å²) in [5.74, 6) is 0.443. The van der Waals surface area contributed by atoms with Crippen LogP contribution in [0.3, 0.4) is 0 Å². The molecule has 0 fully saturated rings. The van der Waals surface area contributed by atoms with Gasteiger partial charge in [0.1, 0.15) is 18.2 Å². The van der Waals surface area contributed by atoms with Crippen molar-refractivity contribution in [3.05, 3.63) is 65.7 Å². The minimum Gasteiger partial charge on any atom is -0.457 e. The average Bonchev–Trinajstić information content (AvgIpc) is 2.89. The monoisotopic (exact) mass is 510 g/mol. The zero-order chi connectivity index (χ0) is 26.8. The summed E-state index contributed by atoms with van der Waals surface area (Å²) in [4.78, 5) is 12.8. The van der Waals surface area contributed by atoms with Gasteiger partial charge in [0.2, 0.25) is 6.79 Å². The predicted octanol–water partition coefficient (Wildman–Crippen LogP) is 8.33. The molecule has 206 valence electrons. The van der Waals surface area contributed by atoms with Gasteiger partial charge in [0.15, 0.2) is 0 Å². The van der Waals surface area contributed by atoms with E-state index in [1.807, 2.05) is 25.1 Å². The van der Waals surface area contributed by atoms with Crippen LogP contribution in [-0.2, 0) is 22.5 Å². The lowest BCUT2D eigenvalue weighted by Crippen LogP contribution is -2.44. The fraction of sp³-hybridized carbons (Fsp3) is 0.606. The van der Waals surface area contributed by atoms with E-state index in [1.54, 1.807) is 0 Å². The quantitative estimate of drug-likeness (QED) is 0.0777. The Morgan fingerprint density at radius 1 is 0.784 bits per heavy atom. The van der Waals surface area contributed by atoms with E-state index in [1.165, 1.54) is 75.3 Å². The Hall–Kier alpha value is -2.33. The van der Waals surface area contributed by atoms with E-state index in [0.717, 1.165) is 36.2 Å². The highest BCUT2D eigenvalue weighted by atomic mass is 16.7. The lowest BCUT2D eigenvalue weighted by atomic mass is 10.0. The lowest BCUT2D eigenvalue weighted by Gasteiger charge is -2.32. The highest BCUT2D eigenvalue weighted by Gasteiger charge is 2.28. The molecule has 0 amide bonds. The van der Waals surface area contributed by atoms with E-state index in [9.17, 15) is 4.79 Å². The van der Waals surface area contributed by atoms with Crippen LogP contribution in [0.15, 0.2) is 54.6 Å². The number of esters is 1. The van der Waals surface area contributed by atoms with Gasteiger partial charge in [-0.25, -0.2) is 0 Å². The molecule has 0 aliphatic rings. The smallest absolute Gasteiger partial charge is 0.317 e. The maximum Gasteiger partial charge on any atom is 0.317 e. The van der Waals surface area contributed by atoms with Gasteiger partial charge in [0.05, 0.1) is 20.6 Å². The van der Waals surface area contributed by atoms with Crippen molar-refractivity contribution in [2.45, 2.75) is 97.4 Å². The first kappa shape index (κ1) is 30.9. The molecule has 0 saturated carbocycles. The molecular formula is C33H52NO3+. The molecule has 2 aromatic rings. The first-order chi connectivity index (χ1) is 17.9. The molecule has 0 aliphatic carbocycles. The fourth-order valence-electron chi connectivity index (χ4n) is 4.99. The second-order valence-electron chi connectivity index (χ2n) is 11.2. The van der Waals surface area contributed by atoms with Gasteiger partial charge in [0.25, 0.3) is 0 Å². The molecule has 0 N–H and O–H groups in total. The zero-order valence-electron chi connectivity index (χ0n) is 24.1. The summed E-state index contributed by atoms with van der Waals surface area (Å²) in [5, 5.41) is 0. The number of hydrogen-bond donors (Lipinski definition) is 0. The molecule has 37 heavy (non-hydrogen) atoms. The van der Waals surface area contributed by atoms with E-state index >= 15 is 0 Å². The fourth-order valence-corrected chi connectivity index (χ4v) is 4.99. The number of carbonyl (C=O) groups is 1. The first-order valence-corrected chi connectivity index (χ1v) is 14.7. The molecule has 4 heteroatoms. The molecule has 0 aliphatic heterocycles. The average molecular weight is 511 g/mol. The number of aryl methyl sites for hydroxylation is 1. The van der Waals surface area contributed by atoms with Crippen LogP contribution in [0.5, 0.6) is 5.75 Å². The predicted molar refractivity (Wildman–Crippen MR) is 154 cm³/mol. The summed E-state index contributed by atoms with van der Waals surface area (Å²) in [6.45, 7) is 5.90. The third kappa shape index (κ3) is 13.7. The molecule has 0 bridgehead atoms. The van der Waals surface area contributed by atoms with Crippen molar-refractivity contribution in [1.29, 1.82) is 0 Å². The van der Waals surface area contributed by atoms with E-state index in [-0.39, 0.29) is 18.7 Å². The highest BCUT2D eigenvalue weighted by molar-refractivity contribution is 5.72. The van der Waals surface area contributed by atoms with Crippen molar-refractivity contribution >= 4 is 5.97 Å². The third-order valence-electron chi connectivity index (χ3n) is 7.14. The van der Waals surface area contributed by atoms with E-state index in [0.29, 0.717) is 0 Å². The summed E-state index contributed by atoms with van der Waals surface area (Å²) < 4.78 is 12.1. The van der Waals surface area contributed by atoms with Crippen molar-refractivity contribution in [3.63, 3.8) is 0 Å². The molecular weight excluding hydrogens is 458 g/mol. The first-order valence-electron chi connectivity index (χ1n) is 14.7. The summed E-state index contributed by atoms with van der Waals surface area (Å²) in [6, 6.07) is 18.6. The number of hydrogen-bond acceptors (Lipinski definition) is 3. The normalized spacial score (nSPS) is 12.3. The molecule has 2 rings (SSSR count). The molecule has 1 atom stereocenters. The number of ether oxygens (including phenoxy) is 2. The number of rotatable bonds is 20. The van der Waals surface area contributed by atoms with Crippen molar-refractivity contribution in [2.75, 3.05) is 27.4 Å². The standard InChI is InChI=1S/C33H52NO3/c1-5-7-8-9-10-11-12-13-14-16-20-29-23-19-24-32(25-29)36-28-37-33(35)31(6-2)27-34(3,4)26-30-21-17-15-18-22-30/h15,17-19,21-25,31H,5-14,16,20,26-28H2,1-4H3/q+1. The molecule has 2 aromatic carbocycles. The van der Waals surface area contributed by atoms with Gasteiger partial charge in [-0.15, -0.1) is 0 Å². The van der Waals surface area contributed by atoms with Crippen LogP contribution >= 0.6 is 0 Å². The lowest BCUT2D eigenvalue weighted by molar-refractivity contribution is -0.906. The summed E-state index contributed by atoms with van der Waals surface area (Å²) in [7, 11) is 4.33. The van der Waals surface area contributed by atoms with Crippen molar-refractivity contribution in [2.24, 2.45) is 5.92 Å². The maximum absolute atomic E-state index is 12.8. The Bertz CT molecular complexity index is 865. The van der Waals surface area contributed by atoms with E-state index in [4.69, 9.17) is 9.47 Å². The van der Waals surface area contributed by atoms with Crippen molar-refractivity contribution < 1.29 is 18.8 Å². The minimum atomic E-state index is -0.178. The highest BCUT2D eigenvalue weighted by Crippen LogP contribution is 2.19. The summed E-state index contributed by atoms with van der Waals surface area (Å²) in [6.07, 6.45) is 15.3. The maximum atomic E-state index is 12.8. The van der Waals surface area contributed by atoms with Crippen LogP contribution in [0.4, 0.5) is 0 Å². The molecule has 0 heterocycles. The molecule has 0 radical (unpaired) electrons. The van der Waals surface area contributed by atoms with Crippen LogP contribution in [0, 0.1) is 5.92 Å². The van der Waals surface area contributed by atoms with Gasteiger partial charge < -0.3 is 14.0 Å². The minimum absolute atomic E-state index is 0.0385. The Balaban J connectivity index is 1.65. The Morgan fingerprint density at radius 3 is 2.05 bits per heavy atom. The zero-order valence-corrected chi connectivity index (χ0v) is 24.1. The molecule has 1 unspecified atom stereocenters. The number of carbonyl (C=O) groups excluding carboxylic acids is 1. The number of benzene rings is 2. The SMILES string of the molecule is CCCCCCCCCCCCc1cccc(OCOC(=O)C(CC)C[N+](C)(C)Cc2ccccc2)c1. The third-order valence-corrected chi connectivity index (χ3v) is 7.14.